The number of carboxylic acids is 1. The zero-order valence-corrected chi connectivity index (χ0v) is 9.46. The number of halogens is 1. The van der Waals surface area contributed by atoms with Crippen molar-refractivity contribution in [2.24, 2.45) is 11.8 Å². The SMILES string of the molecule is Cl.O=C(O)C1OCCC1C1CCNCC1. The fraction of sp³-hybridized carbons (Fsp3) is 0.900. The summed E-state index contributed by atoms with van der Waals surface area (Å²) in [6, 6.07) is 0. The van der Waals surface area contributed by atoms with E-state index in [-0.39, 0.29) is 18.3 Å². The van der Waals surface area contributed by atoms with Gasteiger partial charge >= 0.3 is 5.97 Å². The number of carbonyl (C=O) groups is 1. The first-order chi connectivity index (χ1) is 6.79. The molecule has 0 amide bonds. The third kappa shape index (κ3) is 2.83. The number of hydrogen-bond donors (Lipinski definition) is 2. The molecule has 0 aromatic heterocycles. The van der Waals surface area contributed by atoms with Gasteiger partial charge < -0.3 is 15.2 Å². The lowest BCUT2D eigenvalue weighted by Crippen LogP contribution is -2.37. The van der Waals surface area contributed by atoms with Crippen molar-refractivity contribution in [3.05, 3.63) is 0 Å². The molecule has 0 bridgehead atoms. The molecule has 2 atom stereocenters. The molecule has 2 fully saturated rings. The molecule has 2 unspecified atom stereocenters. The van der Waals surface area contributed by atoms with Crippen LogP contribution in [0.1, 0.15) is 19.3 Å². The van der Waals surface area contributed by atoms with Crippen molar-refractivity contribution < 1.29 is 14.6 Å². The van der Waals surface area contributed by atoms with E-state index in [9.17, 15) is 4.79 Å². The van der Waals surface area contributed by atoms with Gasteiger partial charge in [0, 0.05) is 12.5 Å². The van der Waals surface area contributed by atoms with E-state index in [0.717, 1.165) is 32.4 Å². The summed E-state index contributed by atoms with van der Waals surface area (Å²) in [5, 5.41) is 12.3. The van der Waals surface area contributed by atoms with Crippen LogP contribution in [-0.2, 0) is 9.53 Å². The van der Waals surface area contributed by atoms with Gasteiger partial charge in [0.05, 0.1) is 0 Å². The van der Waals surface area contributed by atoms with E-state index in [2.05, 4.69) is 5.32 Å². The molecule has 0 saturated carbocycles. The Labute approximate surface area is 95.8 Å². The molecular formula is C10H18ClNO3. The first kappa shape index (κ1) is 12.7. The summed E-state index contributed by atoms with van der Waals surface area (Å²) < 4.78 is 5.26. The van der Waals surface area contributed by atoms with E-state index in [1.807, 2.05) is 0 Å². The number of carboxylic acid groups (broad SMARTS) is 1. The van der Waals surface area contributed by atoms with Gasteiger partial charge in [0.2, 0.25) is 0 Å². The molecule has 2 heterocycles. The number of ether oxygens (including phenoxy) is 1. The quantitative estimate of drug-likeness (QED) is 0.747. The minimum Gasteiger partial charge on any atom is -0.479 e. The number of piperidine rings is 1. The smallest absolute Gasteiger partial charge is 0.333 e. The lowest BCUT2D eigenvalue weighted by Gasteiger charge is -2.29. The molecule has 0 aromatic rings. The summed E-state index contributed by atoms with van der Waals surface area (Å²) >= 11 is 0. The van der Waals surface area contributed by atoms with Crippen LogP contribution < -0.4 is 5.32 Å². The second-order valence-corrected chi connectivity index (χ2v) is 4.17. The standard InChI is InChI=1S/C10H17NO3.ClH/c12-10(13)9-8(3-6-14-9)7-1-4-11-5-2-7;/h7-9,11H,1-6H2,(H,12,13);1H. The van der Waals surface area contributed by atoms with Gasteiger partial charge in [-0.1, -0.05) is 0 Å². The van der Waals surface area contributed by atoms with Gasteiger partial charge in [-0.3, -0.25) is 0 Å². The Morgan fingerprint density at radius 3 is 2.53 bits per heavy atom. The molecule has 4 nitrogen and oxygen atoms in total. The van der Waals surface area contributed by atoms with E-state index in [0.29, 0.717) is 12.5 Å². The number of hydrogen-bond acceptors (Lipinski definition) is 3. The number of nitrogens with one attached hydrogen (secondary N) is 1. The molecule has 2 aliphatic heterocycles. The third-order valence-electron chi connectivity index (χ3n) is 3.37. The Kier molecular flexibility index (Phi) is 4.83. The molecule has 5 heteroatoms. The zero-order valence-electron chi connectivity index (χ0n) is 8.65. The summed E-state index contributed by atoms with van der Waals surface area (Å²) in [6.45, 7) is 2.66. The predicted octanol–water partition coefficient (Wildman–Crippen LogP) is 0.897. The van der Waals surface area contributed by atoms with Crippen LogP contribution in [0.15, 0.2) is 0 Å². The van der Waals surface area contributed by atoms with Crippen LogP contribution in [-0.4, -0.2) is 36.9 Å². The maximum atomic E-state index is 10.9. The topological polar surface area (TPSA) is 58.6 Å². The van der Waals surface area contributed by atoms with E-state index in [4.69, 9.17) is 9.84 Å². The Bertz CT molecular complexity index is 219. The molecule has 2 rings (SSSR count). The van der Waals surface area contributed by atoms with Crippen LogP contribution in [0.2, 0.25) is 0 Å². The van der Waals surface area contributed by atoms with Gasteiger partial charge in [0.15, 0.2) is 6.10 Å². The zero-order chi connectivity index (χ0) is 9.97. The highest BCUT2D eigenvalue weighted by Crippen LogP contribution is 2.33. The number of aliphatic carboxylic acids is 1. The second kappa shape index (κ2) is 5.68. The highest BCUT2D eigenvalue weighted by molar-refractivity contribution is 5.85. The van der Waals surface area contributed by atoms with Crippen LogP contribution in [0.4, 0.5) is 0 Å². The van der Waals surface area contributed by atoms with E-state index < -0.39 is 12.1 Å². The van der Waals surface area contributed by atoms with Crippen LogP contribution in [0, 0.1) is 11.8 Å². The van der Waals surface area contributed by atoms with Crippen LogP contribution in [0.5, 0.6) is 0 Å². The largest absolute Gasteiger partial charge is 0.479 e. The van der Waals surface area contributed by atoms with Crippen molar-refractivity contribution in [1.82, 2.24) is 5.32 Å². The lowest BCUT2D eigenvalue weighted by atomic mass is 9.81. The fourth-order valence-electron chi connectivity index (χ4n) is 2.62. The van der Waals surface area contributed by atoms with Gasteiger partial charge in [-0.25, -0.2) is 4.79 Å². The predicted molar refractivity (Wildman–Crippen MR) is 58.3 cm³/mol. The van der Waals surface area contributed by atoms with Crippen molar-refractivity contribution in [2.45, 2.75) is 25.4 Å². The van der Waals surface area contributed by atoms with Crippen molar-refractivity contribution in [2.75, 3.05) is 19.7 Å². The normalized spacial score (nSPS) is 32.3. The van der Waals surface area contributed by atoms with E-state index in [1.54, 1.807) is 0 Å². The Morgan fingerprint density at radius 1 is 1.27 bits per heavy atom. The van der Waals surface area contributed by atoms with Crippen molar-refractivity contribution in [3.8, 4) is 0 Å². The van der Waals surface area contributed by atoms with Crippen molar-refractivity contribution >= 4 is 18.4 Å². The molecular weight excluding hydrogens is 218 g/mol. The summed E-state index contributed by atoms with van der Waals surface area (Å²) in [4.78, 5) is 10.9. The lowest BCUT2D eigenvalue weighted by molar-refractivity contribution is -0.150. The second-order valence-electron chi connectivity index (χ2n) is 4.17. The maximum absolute atomic E-state index is 10.9. The Balaban J connectivity index is 0.00000112. The first-order valence-electron chi connectivity index (χ1n) is 5.34. The first-order valence-corrected chi connectivity index (χ1v) is 5.34. The van der Waals surface area contributed by atoms with Gasteiger partial charge in [-0.05, 0) is 38.3 Å². The Hall–Kier alpha value is -0.320. The molecule has 2 aliphatic rings. The fourth-order valence-corrected chi connectivity index (χ4v) is 2.62. The molecule has 0 radical (unpaired) electrons. The van der Waals surface area contributed by atoms with Crippen LogP contribution in [0.25, 0.3) is 0 Å². The van der Waals surface area contributed by atoms with Crippen molar-refractivity contribution in [3.63, 3.8) is 0 Å². The molecule has 88 valence electrons. The van der Waals surface area contributed by atoms with E-state index in [1.165, 1.54) is 0 Å². The molecule has 2 N–H and O–H groups in total. The minimum absolute atomic E-state index is 0. The molecule has 2 saturated heterocycles. The summed E-state index contributed by atoms with van der Waals surface area (Å²) in [6.07, 6.45) is 2.56. The highest BCUT2D eigenvalue weighted by atomic mass is 35.5. The summed E-state index contributed by atoms with van der Waals surface area (Å²) in [5.41, 5.74) is 0. The molecule has 15 heavy (non-hydrogen) atoms. The van der Waals surface area contributed by atoms with Crippen LogP contribution >= 0.6 is 12.4 Å². The third-order valence-corrected chi connectivity index (χ3v) is 3.37. The maximum Gasteiger partial charge on any atom is 0.333 e. The molecule has 0 aromatic carbocycles. The van der Waals surface area contributed by atoms with Gasteiger partial charge in [-0.2, -0.15) is 0 Å². The summed E-state index contributed by atoms with van der Waals surface area (Å²) in [5.74, 6) is 0.000447. The molecule has 0 aliphatic carbocycles. The Morgan fingerprint density at radius 2 is 1.93 bits per heavy atom. The van der Waals surface area contributed by atoms with Gasteiger partial charge in [0.1, 0.15) is 0 Å². The van der Waals surface area contributed by atoms with Crippen molar-refractivity contribution in [1.29, 1.82) is 0 Å². The molecule has 0 spiro atoms. The average Bonchev–Trinajstić information content (AvgIpc) is 2.67. The minimum atomic E-state index is -0.786. The average molecular weight is 236 g/mol. The number of rotatable bonds is 2. The summed E-state index contributed by atoms with van der Waals surface area (Å²) in [7, 11) is 0. The van der Waals surface area contributed by atoms with Gasteiger partial charge in [0.25, 0.3) is 0 Å². The highest BCUT2D eigenvalue weighted by Gasteiger charge is 2.39. The monoisotopic (exact) mass is 235 g/mol. The van der Waals surface area contributed by atoms with E-state index >= 15 is 0 Å². The van der Waals surface area contributed by atoms with Gasteiger partial charge in [-0.15, -0.1) is 12.4 Å². The van der Waals surface area contributed by atoms with Crippen LogP contribution in [0.3, 0.4) is 0 Å².